The number of hydrogen-bond donors (Lipinski definition) is 2. The monoisotopic (exact) mass is 373 g/mol. The lowest BCUT2D eigenvalue weighted by Gasteiger charge is -2.37. The van der Waals surface area contributed by atoms with Crippen LogP contribution in [0.4, 0.5) is 4.79 Å². The highest BCUT2D eigenvalue weighted by Gasteiger charge is 2.33. The molecule has 3 aromatic rings. The molecule has 3 aromatic heterocycles. The molecule has 9 heteroatoms. The first-order valence-electron chi connectivity index (χ1n) is 9.07. The third-order valence-corrected chi connectivity index (χ3v) is 5.28. The summed E-state index contributed by atoms with van der Waals surface area (Å²) in [5.74, 6) is 0.242. The van der Waals surface area contributed by atoms with Gasteiger partial charge in [-0.1, -0.05) is 6.92 Å². The number of fused-ring (bicyclic) bond motifs is 3. The van der Waals surface area contributed by atoms with E-state index in [1.165, 1.54) is 0 Å². The average molecular weight is 373 g/mol. The number of ether oxygens (including phenoxy) is 2. The van der Waals surface area contributed by atoms with Crippen molar-refractivity contribution in [1.29, 1.82) is 0 Å². The van der Waals surface area contributed by atoms with Gasteiger partial charge < -0.3 is 24.3 Å². The van der Waals surface area contributed by atoms with E-state index in [1.807, 2.05) is 12.3 Å². The van der Waals surface area contributed by atoms with Gasteiger partial charge >= 0.3 is 11.8 Å². The molecule has 0 saturated carbocycles. The smallest absolute Gasteiger partial charge is 0.409 e. The Kier molecular flexibility index (Phi) is 4.61. The number of aromatic amines is 2. The molecular weight excluding hydrogens is 350 g/mol. The number of amides is 1. The lowest BCUT2D eigenvalue weighted by molar-refractivity contribution is 0.0541. The maximum absolute atomic E-state index is 12.8. The topological polar surface area (TPSA) is 105 Å². The number of rotatable bonds is 4. The van der Waals surface area contributed by atoms with Crippen molar-refractivity contribution >= 4 is 28.2 Å². The molecule has 4 heterocycles. The van der Waals surface area contributed by atoms with Crippen LogP contribution < -0.4 is 5.69 Å². The predicted octanol–water partition coefficient (Wildman–Crippen LogP) is 1.87. The van der Waals surface area contributed by atoms with Crippen molar-refractivity contribution in [1.82, 2.24) is 24.4 Å². The average Bonchev–Trinajstić information content (AvgIpc) is 3.25. The molecule has 1 fully saturated rings. The molecule has 0 radical (unpaired) electrons. The zero-order valence-corrected chi connectivity index (χ0v) is 15.4. The van der Waals surface area contributed by atoms with E-state index in [4.69, 9.17) is 9.47 Å². The van der Waals surface area contributed by atoms with Crippen LogP contribution in [0.15, 0.2) is 23.3 Å². The first kappa shape index (κ1) is 17.6. The molecule has 2 N–H and O–H groups in total. The third kappa shape index (κ3) is 3.08. The van der Waals surface area contributed by atoms with Crippen molar-refractivity contribution in [3.05, 3.63) is 28.9 Å². The molecular formula is C18H23N5O4. The minimum atomic E-state index is -0.370. The number of methoxy groups -OCH3 is 1. The zero-order chi connectivity index (χ0) is 19.0. The zero-order valence-electron chi connectivity index (χ0n) is 15.4. The van der Waals surface area contributed by atoms with Gasteiger partial charge in [0.1, 0.15) is 12.3 Å². The van der Waals surface area contributed by atoms with Gasteiger partial charge in [-0.2, -0.15) is 0 Å². The number of aromatic nitrogens is 4. The summed E-state index contributed by atoms with van der Waals surface area (Å²) >= 11 is 0. The molecule has 144 valence electrons. The summed E-state index contributed by atoms with van der Waals surface area (Å²) in [7, 11) is 1.56. The highest BCUT2D eigenvalue weighted by molar-refractivity contribution is 6.00. The van der Waals surface area contributed by atoms with Crippen LogP contribution in [0.1, 0.15) is 19.4 Å². The second-order valence-corrected chi connectivity index (χ2v) is 6.95. The van der Waals surface area contributed by atoms with Gasteiger partial charge in [0.2, 0.25) is 0 Å². The van der Waals surface area contributed by atoms with Gasteiger partial charge in [0, 0.05) is 31.8 Å². The molecule has 0 bridgehead atoms. The number of carbonyl (C=O) groups excluding carboxylic acids is 1. The summed E-state index contributed by atoms with van der Waals surface area (Å²) in [4.78, 5) is 37.1. The molecule has 1 aliphatic heterocycles. The Labute approximate surface area is 155 Å². The summed E-state index contributed by atoms with van der Waals surface area (Å²) in [6, 6.07) is 1.77. The van der Waals surface area contributed by atoms with Gasteiger partial charge in [-0.25, -0.2) is 14.6 Å². The number of hydrogen-bond acceptors (Lipinski definition) is 5. The van der Waals surface area contributed by atoms with Crippen molar-refractivity contribution < 1.29 is 14.3 Å². The maximum atomic E-state index is 12.8. The van der Waals surface area contributed by atoms with Gasteiger partial charge in [0.15, 0.2) is 0 Å². The Morgan fingerprint density at radius 2 is 2.26 bits per heavy atom. The molecule has 27 heavy (non-hydrogen) atoms. The molecule has 4 rings (SSSR count). The predicted molar refractivity (Wildman–Crippen MR) is 99.8 cm³/mol. The number of H-pyrrole nitrogens is 2. The number of nitrogens with zero attached hydrogens (tertiary/aromatic N) is 3. The minimum Gasteiger partial charge on any atom is -0.447 e. The number of piperidine rings is 1. The number of carbonyl (C=O) groups is 1. The Morgan fingerprint density at radius 1 is 1.41 bits per heavy atom. The van der Waals surface area contributed by atoms with Gasteiger partial charge in [-0.3, -0.25) is 4.57 Å². The van der Waals surface area contributed by atoms with Crippen molar-refractivity contribution in [3.8, 4) is 0 Å². The number of pyridine rings is 1. The molecule has 0 aromatic carbocycles. The van der Waals surface area contributed by atoms with Crippen LogP contribution >= 0.6 is 0 Å². The molecule has 0 unspecified atom stereocenters. The van der Waals surface area contributed by atoms with E-state index < -0.39 is 0 Å². The van der Waals surface area contributed by atoms with E-state index in [1.54, 1.807) is 22.8 Å². The van der Waals surface area contributed by atoms with Crippen LogP contribution in [0.25, 0.3) is 22.1 Å². The first-order valence-corrected chi connectivity index (χ1v) is 9.07. The fourth-order valence-corrected chi connectivity index (χ4v) is 3.79. The van der Waals surface area contributed by atoms with Crippen LogP contribution in [-0.2, 0) is 9.47 Å². The van der Waals surface area contributed by atoms with E-state index in [9.17, 15) is 9.59 Å². The lowest BCUT2D eigenvalue weighted by atomic mass is 9.93. The largest absolute Gasteiger partial charge is 0.447 e. The van der Waals surface area contributed by atoms with E-state index in [-0.39, 0.29) is 30.3 Å². The summed E-state index contributed by atoms with van der Waals surface area (Å²) in [6.45, 7) is 3.73. The summed E-state index contributed by atoms with van der Waals surface area (Å²) in [6.07, 6.45) is 3.90. The van der Waals surface area contributed by atoms with Crippen molar-refractivity contribution in [3.63, 3.8) is 0 Å². The second-order valence-electron chi connectivity index (χ2n) is 6.95. The third-order valence-electron chi connectivity index (χ3n) is 5.28. The van der Waals surface area contributed by atoms with Gasteiger partial charge in [-0.15, -0.1) is 0 Å². The Bertz CT molecular complexity index is 1020. The summed E-state index contributed by atoms with van der Waals surface area (Å²) in [5, 5.41) is 0.887. The quantitative estimate of drug-likeness (QED) is 0.679. The highest BCUT2D eigenvalue weighted by atomic mass is 16.6. The number of likely N-dealkylation sites (tertiary alicyclic amines) is 1. The molecule has 9 nitrogen and oxygen atoms in total. The molecule has 0 spiro atoms. The minimum absolute atomic E-state index is 0.143. The normalized spacial score (nSPS) is 20.4. The van der Waals surface area contributed by atoms with Gasteiger partial charge in [-0.05, 0) is 18.4 Å². The fraction of sp³-hybridized carbons (Fsp3) is 0.500. The van der Waals surface area contributed by atoms with E-state index in [0.29, 0.717) is 25.2 Å². The number of nitrogens with one attached hydrogen (secondary N) is 2. The van der Waals surface area contributed by atoms with Crippen LogP contribution in [0.5, 0.6) is 0 Å². The molecule has 1 aliphatic rings. The van der Waals surface area contributed by atoms with Crippen LogP contribution in [0, 0.1) is 5.92 Å². The molecule has 1 saturated heterocycles. The maximum Gasteiger partial charge on any atom is 0.409 e. The van der Waals surface area contributed by atoms with Crippen molar-refractivity contribution in [2.75, 3.05) is 33.4 Å². The van der Waals surface area contributed by atoms with E-state index in [2.05, 4.69) is 21.9 Å². The lowest BCUT2D eigenvalue weighted by Crippen LogP contribution is -2.46. The van der Waals surface area contributed by atoms with Crippen LogP contribution in [0.2, 0.25) is 0 Å². The van der Waals surface area contributed by atoms with E-state index >= 15 is 0 Å². The Balaban J connectivity index is 1.69. The standard InChI is InChI=1S/C18H23N5O4/c1-11-4-6-22(18(25)27-8-7-26-2)10-14(11)23-15-12-3-5-19-16(12)20-9-13(15)21-17(23)24/h3,5,9,11,14H,4,6-8,10H2,1-2H3,(H,19,20)(H,21,24)/t11-,14+/m1/s1. The Morgan fingerprint density at radius 3 is 3.07 bits per heavy atom. The van der Waals surface area contributed by atoms with Crippen LogP contribution in [0.3, 0.4) is 0 Å². The van der Waals surface area contributed by atoms with Crippen molar-refractivity contribution in [2.45, 2.75) is 19.4 Å². The fourth-order valence-electron chi connectivity index (χ4n) is 3.79. The molecule has 1 amide bonds. The highest BCUT2D eigenvalue weighted by Crippen LogP contribution is 2.31. The molecule has 2 atom stereocenters. The SMILES string of the molecule is COCCOC(=O)N1CC[C@@H](C)[C@@H](n2c(=O)[nH]c3cnc4[nH]ccc4c32)C1. The molecule has 0 aliphatic carbocycles. The first-order chi connectivity index (χ1) is 13.1. The Hall–Kier alpha value is -2.81. The van der Waals surface area contributed by atoms with Crippen LogP contribution in [-0.4, -0.2) is 63.9 Å². The van der Waals surface area contributed by atoms with Gasteiger partial charge in [0.05, 0.1) is 29.9 Å². The van der Waals surface area contributed by atoms with Crippen molar-refractivity contribution in [2.24, 2.45) is 5.92 Å². The van der Waals surface area contributed by atoms with Gasteiger partial charge in [0.25, 0.3) is 0 Å². The summed E-state index contributed by atoms with van der Waals surface area (Å²) < 4.78 is 11.9. The summed E-state index contributed by atoms with van der Waals surface area (Å²) in [5.41, 5.74) is 2.05. The second kappa shape index (κ2) is 7.07. The number of imidazole rings is 1. The van der Waals surface area contributed by atoms with E-state index in [0.717, 1.165) is 23.0 Å².